The highest BCUT2D eigenvalue weighted by Crippen LogP contribution is 2.26. The molecule has 0 aliphatic carbocycles. The molecule has 2 aromatic carbocycles. The minimum atomic E-state index is 0.321. The average Bonchev–Trinajstić information content (AvgIpc) is 2.47. The fourth-order valence-electron chi connectivity index (χ4n) is 2.02. The van der Waals surface area contributed by atoms with Crippen molar-refractivity contribution in [3.8, 4) is 5.75 Å². The van der Waals surface area contributed by atoms with Gasteiger partial charge in [-0.25, -0.2) is 0 Å². The van der Waals surface area contributed by atoms with Crippen LogP contribution in [-0.4, -0.2) is 7.11 Å². The van der Waals surface area contributed by atoms with Crippen molar-refractivity contribution in [1.29, 1.82) is 0 Å². The van der Waals surface area contributed by atoms with E-state index in [0.29, 0.717) is 6.04 Å². The number of anilines is 1. The van der Waals surface area contributed by atoms with E-state index in [0.717, 1.165) is 12.2 Å². The molecule has 100 valence electrons. The van der Waals surface area contributed by atoms with E-state index in [2.05, 4.69) is 71.2 Å². The van der Waals surface area contributed by atoms with E-state index in [-0.39, 0.29) is 0 Å². The molecule has 3 heteroatoms. The number of hydrogen-bond acceptors (Lipinski definition) is 2. The Morgan fingerprint density at radius 3 is 2.37 bits per heavy atom. The van der Waals surface area contributed by atoms with Crippen molar-refractivity contribution in [2.75, 3.05) is 12.4 Å². The molecule has 0 radical (unpaired) electrons. The molecule has 1 unspecified atom stereocenters. The number of hydrogen-bond donors (Lipinski definition) is 1. The normalized spacial score (nSPS) is 11.9. The first-order valence-electron chi connectivity index (χ1n) is 6.39. The molecule has 2 nitrogen and oxygen atoms in total. The lowest BCUT2D eigenvalue weighted by Gasteiger charge is -2.20. The van der Waals surface area contributed by atoms with Gasteiger partial charge in [-0.1, -0.05) is 31.2 Å². The Kier molecular flexibility index (Phi) is 5.07. The summed E-state index contributed by atoms with van der Waals surface area (Å²) in [6.45, 7) is 2.19. The molecule has 0 aromatic heterocycles. The van der Waals surface area contributed by atoms with E-state index in [4.69, 9.17) is 4.74 Å². The van der Waals surface area contributed by atoms with E-state index >= 15 is 0 Å². The van der Waals surface area contributed by atoms with Gasteiger partial charge in [0.05, 0.1) is 13.2 Å². The van der Waals surface area contributed by atoms with Crippen LogP contribution in [-0.2, 0) is 0 Å². The van der Waals surface area contributed by atoms with E-state index in [1.165, 1.54) is 14.8 Å². The first kappa shape index (κ1) is 14.2. The first-order chi connectivity index (χ1) is 9.24. The van der Waals surface area contributed by atoms with E-state index in [9.17, 15) is 0 Å². The lowest BCUT2D eigenvalue weighted by atomic mass is 10.0. The zero-order valence-electron chi connectivity index (χ0n) is 11.2. The van der Waals surface area contributed by atoms with Crippen LogP contribution in [0.5, 0.6) is 5.75 Å². The summed E-state index contributed by atoms with van der Waals surface area (Å²) < 4.78 is 6.44. The summed E-state index contributed by atoms with van der Waals surface area (Å²) in [5.74, 6) is 0.896. The van der Waals surface area contributed by atoms with Crippen LogP contribution in [0.2, 0.25) is 0 Å². The maximum Gasteiger partial charge on any atom is 0.118 e. The predicted octanol–water partition coefficient (Wildman–Crippen LogP) is 4.86. The number of benzene rings is 2. The minimum absolute atomic E-state index is 0.321. The lowest BCUT2D eigenvalue weighted by Crippen LogP contribution is -2.10. The molecule has 1 atom stereocenters. The molecule has 0 heterocycles. The van der Waals surface area contributed by atoms with Gasteiger partial charge in [-0.15, -0.1) is 0 Å². The molecular formula is C16H18INO. The van der Waals surface area contributed by atoms with Crippen LogP contribution in [0.1, 0.15) is 24.9 Å². The van der Waals surface area contributed by atoms with Gasteiger partial charge in [0, 0.05) is 9.26 Å². The molecule has 0 aliphatic rings. The highest BCUT2D eigenvalue weighted by molar-refractivity contribution is 14.1. The molecule has 2 aromatic rings. The number of rotatable bonds is 5. The Morgan fingerprint density at radius 1 is 1.11 bits per heavy atom. The van der Waals surface area contributed by atoms with Gasteiger partial charge in [0.25, 0.3) is 0 Å². The maximum absolute atomic E-state index is 5.20. The number of halogens is 1. The second kappa shape index (κ2) is 6.80. The van der Waals surface area contributed by atoms with Gasteiger partial charge < -0.3 is 10.1 Å². The molecular weight excluding hydrogens is 349 g/mol. The monoisotopic (exact) mass is 367 g/mol. The van der Waals surface area contributed by atoms with Gasteiger partial charge in [-0.2, -0.15) is 0 Å². The van der Waals surface area contributed by atoms with Gasteiger partial charge in [-0.3, -0.25) is 0 Å². The zero-order chi connectivity index (χ0) is 13.7. The minimum Gasteiger partial charge on any atom is -0.497 e. The molecule has 0 aliphatic heterocycles. The first-order valence-corrected chi connectivity index (χ1v) is 7.47. The maximum atomic E-state index is 5.20. The standard InChI is InChI=1S/C16H18INO/c1-3-15(12-8-10-13(19-2)11-9-12)18-16-7-5-4-6-14(16)17/h4-11,15,18H,3H2,1-2H3. The second-order valence-electron chi connectivity index (χ2n) is 4.36. The molecule has 1 N–H and O–H groups in total. The summed E-state index contributed by atoms with van der Waals surface area (Å²) in [6.07, 6.45) is 1.04. The summed E-state index contributed by atoms with van der Waals surface area (Å²) in [7, 11) is 1.69. The Bertz CT molecular complexity index is 525. The summed E-state index contributed by atoms with van der Waals surface area (Å²) in [5, 5.41) is 3.60. The van der Waals surface area contributed by atoms with Crippen LogP contribution in [0, 0.1) is 3.57 Å². The van der Waals surface area contributed by atoms with Gasteiger partial charge in [0.15, 0.2) is 0 Å². The van der Waals surface area contributed by atoms with Gasteiger partial charge in [0.2, 0.25) is 0 Å². The van der Waals surface area contributed by atoms with Gasteiger partial charge >= 0.3 is 0 Å². The van der Waals surface area contributed by atoms with Gasteiger partial charge in [0.1, 0.15) is 5.75 Å². The molecule has 0 saturated carbocycles. The lowest BCUT2D eigenvalue weighted by molar-refractivity contribution is 0.414. The van der Waals surface area contributed by atoms with Crippen molar-refractivity contribution < 1.29 is 4.74 Å². The third-order valence-electron chi connectivity index (χ3n) is 3.13. The summed E-state index contributed by atoms with van der Waals surface area (Å²) in [5.41, 5.74) is 2.47. The fourth-order valence-corrected chi connectivity index (χ4v) is 2.57. The number of ether oxygens (including phenoxy) is 1. The van der Waals surface area contributed by atoms with Crippen molar-refractivity contribution in [2.45, 2.75) is 19.4 Å². The van der Waals surface area contributed by atoms with Crippen LogP contribution < -0.4 is 10.1 Å². The van der Waals surface area contributed by atoms with Crippen LogP contribution in [0.25, 0.3) is 0 Å². The molecule has 2 rings (SSSR count). The van der Waals surface area contributed by atoms with Crippen molar-refractivity contribution >= 4 is 28.3 Å². The summed E-state index contributed by atoms with van der Waals surface area (Å²) in [6, 6.07) is 16.9. The third-order valence-corrected chi connectivity index (χ3v) is 4.07. The number of methoxy groups -OCH3 is 1. The molecule has 19 heavy (non-hydrogen) atoms. The van der Waals surface area contributed by atoms with Crippen LogP contribution in [0.3, 0.4) is 0 Å². The number of nitrogens with one attached hydrogen (secondary N) is 1. The largest absolute Gasteiger partial charge is 0.497 e. The zero-order valence-corrected chi connectivity index (χ0v) is 13.3. The predicted molar refractivity (Wildman–Crippen MR) is 88.8 cm³/mol. The van der Waals surface area contributed by atoms with Crippen molar-refractivity contribution in [2.24, 2.45) is 0 Å². The smallest absolute Gasteiger partial charge is 0.118 e. The molecule has 0 spiro atoms. The van der Waals surface area contributed by atoms with Crippen molar-refractivity contribution in [3.05, 3.63) is 57.7 Å². The highest BCUT2D eigenvalue weighted by Gasteiger charge is 2.10. The Morgan fingerprint density at radius 2 is 1.79 bits per heavy atom. The fraction of sp³-hybridized carbons (Fsp3) is 0.250. The quantitative estimate of drug-likeness (QED) is 0.762. The Labute approximate surface area is 128 Å². The molecule has 0 fully saturated rings. The van der Waals surface area contributed by atoms with Crippen molar-refractivity contribution in [3.63, 3.8) is 0 Å². The Hall–Kier alpha value is -1.23. The summed E-state index contributed by atoms with van der Waals surface area (Å²) in [4.78, 5) is 0. The topological polar surface area (TPSA) is 21.3 Å². The second-order valence-corrected chi connectivity index (χ2v) is 5.52. The van der Waals surface area contributed by atoms with Gasteiger partial charge in [-0.05, 0) is 58.8 Å². The average molecular weight is 367 g/mol. The molecule has 0 bridgehead atoms. The Balaban J connectivity index is 2.17. The van der Waals surface area contributed by atoms with Crippen LogP contribution in [0.4, 0.5) is 5.69 Å². The van der Waals surface area contributed by atoms with Crippen LogP contribution >= 0.6 is 22.6 Å². The summed E-state index contributed by atoms with van der Waals surface area (Å²) >= 11 is 2.36. The molecule has 0 saturated heterocycles. The van der Waals surface area contributed by atoms with Crippen molar-refractivity contribution in [1.82, 2.24) is 0 Å². The van der Waals surface area contributed by atoms with E-state index < -0.39 is 0 Å². The number of para-hydroxylation sites is 1. The van der Waals surface area contributed by atoms with Crippen LogP contribution in [0.15, 0.2) is 48.5 Å². The van der Waals surface area contributed by atoms with E-state index in [1.54, 1.807) is 7.11 Å². The molecule has 0 amide bonds. The third kappa shape index (κ3) is 3.62. The highest BCUT2D eigenvalue weighted by atomic mass is 127. The SMILES string of the molecule is CCC(Nc1ccccc1I)c1ccc(OC)cc1. The van der Waals surface area contributed by atoms with E-state index in [1.807, 2.05) is 12.1 Å².